The Morgan fingerprint density at radius 3 is 2.47 bits per heavy atom. The van der Waals surface area contributed by atoms with Crippen LogP contribution in [0.3, 0.4) is 0 Å². The van der Waals surface area contributed by atoms with Gasteiger partial charge in [0.1, 0.15) is 11.3 Å². The Morgan fingerprint density at radius 1 is 1.07 bits per heavy atom. The second-order valence-corrected chi connectivity index (χ2v) is 7.57. The van der Waals surface area contributed by atoms with Crippen LogP contribution in [0.15, 0.2) is 54.6 Å². The van der Waals surface area contributed by atoms with Crippen LogP contribution in [0.4, 0.5) is 5.13 Å². The third kappa shape index (κ3) is 5.81. The number of ether oxygens (including phenoxy) is 1. The molecule has 0 unspecified atom stereocenters. The second-order valence-electron chi connectivity index (χ2n) is 6.56. The SMILES string of the molecule is CCN(CC)CCN(C(=O)C=Cc1ccccc1)c1nc2c(OC)cccc2s1.Cl. The van der Waals surface area contributed by atoms with Gasteiger partial charge in [-0.25, -0.2) is 4.98 Å². The summed E-state index contributed by atoms with van der Waals surface area (Å²) in [5, 5.41) is 0.694. The minimum Gasteiger partial charge on any atom is -0.494 e. The van der Waals surface area contributed by atoms with Crippen molar-refractivity contribution in [2.75, 3.05) is 38.2 Å². The van der Waals surface area contributed by atoms with Gasteiger partial charge in [0, 0.05) is 19.2 Å². The molecular formula is C23H28ClN3O2S. The number of benzene rings is 2. The van der Waals surface area contributed by atoms with Crippen LogP contribution in [0.25, 0.3) is 16.3 Å². The lowest BCUT2D eigenvalue weighted by molar-refractivity contribution is -0.114. The molecule has 3 rings (SSSR count). The molecule has 30 heavy (non-hydrogen) atoms. The lowest BCUT2D eigenvalue weighted by Crippen LogP contribution is -2.38. The molecule has 0 bridgehead atoms. The van der Waals surface area contributed by atoms with Crippen molar-refractivity contribution in [2.24, 2.45) is 0 Å². The van der Waals surface area contributed by atoms with Gasteiger partial charge in [0.2, 0.25) is 0 Å². The van der Waals surface area contributed by atoms with Crippen LogP contribution in [0.2, 0.25) is 0 Å². The van der Waals surface area contributed by atoms with E-state index in [1.807, 2.05) is 54.6 Å². The standard InChI is InChI=1S/C23H27N3O2S.ClH/c1-4-25(5-2)16-17-26(21(27)15-14-18-10-7-6-8-11-18)23-24-22-19(28-3)12-9-13-20(22)29-23;/h6-15H,4-5,16-17H2,1-3H3;1H. The summed E-state index contributed by atoms with van der Waals surface area (Å²) in [5.74, 6) is 0.653. The highest BCUT2D eigenvalue weighted by Gasteiger charge is 2.19. The Bertz CT molecular complexity index is 971. The van der Waals surface area contributed by atoms with Crippen LogP contribution in [-0.2, 0) is 4.79 Å². The molecule has 3 aromatic rings. The summed E-state index contributed by atoms with van der Waals surface area (Å²) in [6.07, 6.45) is 3.47. The van der Waals surface area contributed by atoms with Crippen molar-refractivity contribution >= 4 is 51.1 Å². The van der Waals surface area contributed by atoms with Gasteiger partial charge >= 0.3 is 0 Å². The molecule has 7 heteroatoms. The number of hydrogen-bond donors (Lipinski definition) is 0. The molecule has 0 aliphatic carbocycles. The van der Waals surface area contributed by atoms with E-state index >= 15 is 0 Å². The van der Waals surface area contributed by atoms with E-state index in [2.05, 4.69) is 18.7 Å². The van der Waals surface area contributed by atoms with Crippen LogP contribution in [0.1, 0.15) is 19.4 Å². The summed E-state index contributed by atoms with van der Waals surface area (Å²) in [5.41, 5.74) is 1.79. The van der Waals surface area contributed by atoms with Gasteiger partial charge in [-0.05, 0) is 36.9 Å². The highest BCUT2D eigenvalue weighted by molar-refractivity contribution is 7.22. The number of fused-ring (bicyclic) bond motifs is 1. The number of carbonyl (C=O) groups is 1. The molecule has 0 saturated heterocycles. The summed E-state index contributed by atoms with van der Waals surface area (Å²) in [6.45, 7) is 7.55. The van der Waals surface area contributed by atoms with Gasteiger partial charge in [0.05, 0.1) is 11.8 Å². The third-order valence-electron chi connectivity index (χ3n) is 4.84. The molecule has 160 valence electrons. The first-order valence-corrected chi connectivity index (χ1v) is 10.7. The monoisotopic (exact) mass is 445 g/mol. The average Bonchev–Trinajstić information content (AvgIpc) is 3.20. The molecular weight excluding hydrogens is 418 g/mol. The number of carbonyl (C=O) groups excluding carboxylic acids is 1. The fourth-order valence-electron chi connectivity index (χ4n) is 3.09. The number of amides is 1. The maximum absolute atomic E-state index is 13.1. The van der Waals surface area contributed by atoms with Crippen LogP contribution < -0.4 is 9.64 Å². The number of likely N-dealkylation sites (N-methyl/N-ethyl adjacent to an activating group) is 1. The normalized spacial score (nSPS) is 11.1. The lowest BCUT2D eigenvalue weighted by Gasteiger charge is -2.23. The molecule has 0 aliphatic heterocycles. The van der Waals surface area contributed by atoms with Crippen molar-refractivity contribution in [1.29, 1.82) is 0 Å². The van der Waals surface area contributed by atoms with Crippen molar-refractivity contribution in [3.05, 3.63) is 60.2 Å². The molecule has 0 atom stereocenters. The number of aromatic nitrogens is 1. The number of rotatable bonds is 9. The van der Waals surface area contributed by atoms with Gasteiger partial charge in [-0.15, -0.1) is 12.4 Å². The molecule has 0 saturated carbocycles. The molecule has 1 heterocycles. The molecule has 5 nitrogen and oxygen atoms in total. The first kappa shape index (κ1) is 23.9. The zero-order chi connectivity index (χ0) is 20.6. The molecule has 0 fully saturated rings. The maximum atomic E-state index is 13.1. The number of thiazole rings is 1. The summed E-state index contributed by atoms with van der Waals surface area (Å²) in [7, 11) is 1.64. The summed E-state index contributed by atoms with van der Waals surface area (Å²) >= 11 is 1.51. The van der Waals surface area contributed by atoms with Gasteiger partial charge < -0.3 is 9.64 Å². The number of anilines is 1. The predicted octanol–water partition coefficient (Wildman–Crippen LogP) is 5.11. The average molecular weight is 446 g/mol. The number of nitrogens with zero attached hydrogens (tertiary/aromatic N) is 3. The van der Waals surface area contributed by atoms with E-state index in [9.17, 15) is 4.79 Å². The fourth-order valence-corrected chi connectivity index (χ4v) is 4.11. The van der Waals surface area contributed by atoms with Crippen LogP contribution in [-0.4, -0.2) is 49.1 Å². The highest BCUT2D eigenvalue weighted by atomic mass is 35.5. The van der Waals surface area contributed by atoms with E-state index in [0.29, 0.717) is 11.7 Å². The van der Waals surface area contributed by atoms with E-state index in [-0.39, 0.29) is 18.3 Å². The molecule has 2 aromatic carbocycles. The molecule has 1 aromatic heterocycles. The van der Waals surface area contributed by atoms with Crippen LogP contribution in [0.5, 0.6) is 5.75 Å². The fraction of sp³-hybridized carbons (Fsp3) is 0.304. The zero-order valence-electron chi connectivity index (χ0n) is 17.6. The Balaban J connectivity index is 0.00000320. The quantitative estimate of drug-likeness (QED) is 0.429. The number of para-hydroxylation sites is 1. The van der Waals surface area contributed by atoms with Crippen molar-refractivity contribution in [1.82, 2.24) is 9.88 Å². The first-order valence-electron chi connectivity index (χ1n) is 9.86. The lowest BCUT2D eigenvalue weighted by atomic mass is 10.2. The van der Waals surface area contributed by atoms with Crippen molar-refractivity contribution in [3.63, 3.8) is 0 Å². The van der Waals surface area contributed by atoms with E-state index in [0.717, 1.165) is 41.2 Å². The van der Waals surface area contributed by atoms with E-state index in [1.54, 1.807) is 18.1 Å². The molecule has 0 aliphatic rings. The Morgan fingerprint density at radius 2 is 1.80 bits per heavy atom. The first-order chi connectivity index (χ1) is 14.2. The van der Waals surface area contributed by atoms with Gasteiger partial charge in [-0.3, -0.25) is 9.69 Å². The largest absolute Gasteiger partial charge is 0.494 e. The van der Waals surface area contributed by atoms with Gasteiger partial charge in [0.15, 0.2) is 5.13 Å². The van der Waals surface area contributed by atoms with Crippen LogP contribution >= 0.6 is 23.7 Å². The zero-order valence-corrected chi connectivity index (χ0v) is 19.2. The molecule has 1 amide bonds. The second kappa shape index (κ2) is 11.7. The third-order valence-corrected chi connectivity index (χ3v) is 5.88. The van der Waals surface area contributed by atoms with Crippen molar-refractivity contribution in [2.45, 2.75) is 13.8 Å². The minimum absolute atomic E-state index is 0. The smallest absolute Gasteiger partial charge is 0.252 e. The molecule has 0 N–H and O–H groups in total. The van der Waals surface area contributed by atoms with Crippen LogP contribution in [0, 0.1) is 0 Å². The van der Waals surface area contributed by atoms with E-state index < -0.39 is 0 Å². The number of methoxy groups -OCH3 is 1. The maximum Gasteiger partial charge on any atom is 0.252 e. The van der Waals surface area contributed by atoms with Crippen molar-refractivity contribution < 1.29 is 9.53 Å². The van der Waals surface area contributed by atoms with Gasteiger partial charge in [-0.2, -0.15) is 0 Å². The summed E-state index contributed by atoms with van der Waals surface area (Å²) in [4.78, 5) is 21.9. The molecule has 0 spiro atoms. The Hall–Kier alpha value is -2.41. The minimum atomic E-state index is -0.0703. The predicted molar refractivity (Wildman–Crippen MR) is 129 cm³/mol. The summed E-state index contributed by atoms with van der Waals surface area (Å²) in [6, 6.07) is 15.7. The number of halogens is 1. The van der Waals surface area contributed by atoms with E-state index in [1.165, 1.54) is 11.3 Å². The highest BCUT2D eigenvalue weighted by Crippen LogP contribution is 2.34. The topological polar surface area (TPSA) is 45.7 Å². The number of hydrogen-bond acceptors (Lipinski definition) is 5. The summed E-state index contributed by atoms with van der Waals surface area (Å²) < 4.78 is 6.44. The Labute approximate surface area is 188 Å². The van der Waals surface area contributed by atoms with E-state index in [4.69, 9.17) is 9.72 Å². The van der Waals surface area contributed by atoms with Crippen molar-refractivity contribution in [3.8, 4) is 5.75 Å². The van der Waals surface area contributed by atoms with Gasteiger partial charge in [0.25, 0.3) is 5.91 Å². The Kier molecular flexibility index (Phi) is 9.30. The van der Waals surface area contributed by atoms with Gasteiger partial charge in [-0.1, -0.05) is 61.6 Å². The molecule has 0 radical (unpaired) electrons.